The highest BCUT2D eigenvalue weighted by Gasteiger charge is 2.14. The van der Waals surface area contributed by atoms with E-state index in [0.717, 1.165) is 28.3 Å². The first kappa shape index (κ1) is 19.7. The van der Waals surface area contributed by atoms with Crippen LogP contribution in [0.25, 0.3) is 0 Å². The lowest BCUT2D eigenvalue weighted by Gasteiger charge is -2.12. The van der Waals surface area contributed by atoms with Crippen molar-refractivity contribution in [3.63, 3.8) is 0 Å². The number of benzene rings is 2. The van der Waals surface area contributed by atoms with Gasteiger partial charge in [-0.15, -0.1) is 0 Å². The minimum absolute atomic E-state index is 0.531. The van der Waals surface area contributed by atoms with Gasteiger partial charge < -0.3 is 20.1 Å². The van der Waals surface area contributed by atoms with Crippen LogP contribution in [0, 0.1) is 13.8 Å². The molecule has 2 aromatic carbocycles. The van der Waals surface area contributed by atoms with Gasteiger partial charge in [-0.05, 0) is 55.9 Å². The van der Waals surface area contributed by atoms with Crippen LogP contribution >= 0.6 is 12.2 Å². The summed E-state index contributed by atoms with van der Waals surface area (Å²) < 4.78 is 12.6. The number of thiocarbonyl (C=S) groups is 1. The average Bonchev–Trinajstić information content (AvgIpc) is 2.96. The van der Waals surface area contributed by atoms with E-state index in [1.165, 1.54) is 0 Å². The summed E-state index contributed by atoms with van der Waals surface area (Å²) in [5, 5.41) is 11.6. The predicted octanol–water partition coefficient (Wildman–Crippen LogP) is 4.37. The second-order valence-electron chi connectivity index (χ2n) is 6.34. The standard InChI is InChI=1S/C21H24N4O2S/c1-14-20(23-21(28)22-17-8-6-5-7-9-17)15(2)25(24-14)13-16-10-11-18(26-3)19(12-16)27-4/h5-12H,13H2,1-4H3,(H2,22,23,28). The van der Waals surface area contributed by atoms with Gasteiger partial charge >= 0.3 is 0 Å². The van der Waals surface area contributed by atoms with Crippen molar-refractivity contribution in [3.8, 4) is 11.5 Å². The Bertz CT molecular complexity index is 970. The van der Waals surface area contributed by atoms with Crippen molar-refractivity contribution in [2.24, 2.45) is 0 Å². The molecule has 0 spiro atoms. The van der Waals surface area contributed by atoms with E-state index >= 15 is 0 Å². The number of para-hydroxylation sites is 1. The van der Waals surface area contributed by atoms with E-state index in [4.69, 9.17) is 21.7 Å². The number of methoxy groups -OCH3 is 2. The van der Waals surface area contributed by atoms with Crippen molar-refractivity contribution in [2.45, 2.75) is 20.4 Å². The topological polar surface area (TPSA) is 60.3 Å². The van der Waals surface area contributed by atoms with Gasteiger partial charge in [0.05, 0.1) is 37.8 Å². The van der Waals surface area contributed by atoms with Crippen LogP contribution < -0.4 is 20.1 Å². The minimum Gasteiger partial charge on any atom is -0.493 e. The van der Waals surface area contributed by atoms with Crippen molar-refractivity contribution in [1.29, 1.82) is 0 Å². The highest BCUT2D eigenvalue weighted by molar-refractivity contribution is 7.80. The van der Waals surface area contributed by atoms with Crippen molar-refractivity contribution < 1.29 is 9.47 Å². The van der Waals surface area contributed by atoms with Gasteiger partial charge in [0.2, 0.25) is 0 Å². The fourth-order valence-electron chi connectivity index (χ4n) is 2.98. The highest BCUT2D eigenvalue weighted by atomic mass is 32.1. The summed E-state index contributed by atoms with van der Waals surface area (Å²) in [4.78, 5) is 0. The molecule has 1 aromatic heterocycles. The molecule has 0 saturated heterocycles. The molecular weight excluding hydrogens is 372 g/mol. The Labute approximate surface area is 170 Å². The molecule has 6 nitrogen and oxygen atoms in total. The van der Waals surface area contributed by atoms with Gasteiger partial charge in [0.25, 0.3) is 0 Å². The second kappa shape index (κ2) is 8.75. The maximum Gasteiger partial charge on any atom is 0.175 e. The van der Waals surface area contributed by atoms with E-state index in [1.54, 1.807) is 14.2 Å². The smallest absolute Gasteiger partial charge is 0.175 e. The molecular formula is C21H24N4O2S. The van der Waals surface area contributed by atoms with Gasteiger partial charge in [-0.25, -0.2) is 0 Å². The third-order valence-electron chi connectivity index (χ3n) is 4.43. The Balaban J connectivity index is 1.75. The first-order valence-electron chi connectivity index (χ1n) is 8.89. The van der Waals surface area contributed by atoms with Crippen molar-refractivity contribution >= 4 is 28.7 Å². The molecule has 2 N–H and O–H groups in total. The first-order chi connectivity index (χ1) is 13.5. The Hall–Kier alpha value is -3.06. The molecule has 28 heavy (non-hydrogen) atoms. The average molecular weight is 397 g/mol. The number of anilines is 2. The Morgan fingerprint density at radius 1 is 1.00 bits per heavy atom. The molecule has 0 amide bonds. The number of aryl methyl sites for hydroxylation is 1. The predicted molar refractivity (Wildman–Crippen MR) is 117 cm³/mol. The monoisotopic (exact) mass is 396 g/mol. The molecule has 7 heteroatoms. The molecule has 3 aromatic rings. The van der Waals surface area contributed by atoms with Crippen LogP contribution in [0.2, 0.25) is 0 Å². The molecule has 0 aliphatic carbocycles. The summed E-state index contributed by atoms with van der Waals surface area (Å²) in [5.41, 5.74) is 4.81. The van der Waals surface area contributed by atoms with Crippen LogP contribution in [0.3, 0.4) is 0 Å². The molecule has 0 aliphatic rings. The van der Waals surface area contributed by atoms with E-state index in [1.807, 2.05) is 67.1 Å². The number of nitrogens with one attached hydrogen (secondary N) is 2. The number of hydrogen-bond donors (Lipinski definition) is 2. The van der Waals surface area contributed by atoms with Crippen LogP contribution in [0.1, 0.15) is 17.0 Å². The van der Waals surface area contributed by atoms with Gasteiger partial charge in [-0.1, -0.05) is 24.3 Å². The summed E-state index contributed by atoms with van der Waals surface area (Å²) >= 11 is 5.45. The van der Waals surface area contributed by atoms with Gasteiger partial charge in [-0.3, -0.25) is 4.68 Å². The van der Waals surface area contributed by atoms with E-state index in [9.17, 15) is 0 Å². The highest BCUT2D eigenvalue weighted by Crippen LogP contribution is 2.28. The summed E-state index contributed by atoms with van der Waals surface area (Å²) in [5.74, 6) is 1.41. The normalized spacial score (nSPS) is 10.4. The molecule has 0 fully saturated rings. The lowest BCUT2D eigenvalue weighted by Crippen LogP contribution is -2.19. The Morgan fingerprint density at radius 2 is 1.71 bits per heavy atom. The summed E-state index contributed by atoms with van der Waals surface area (Å²) in [6.45, 7) is 4.60. The molecule has 0 aliphatic heterocycles. The maximum atomic E-state index is 5.45. The SMILES string of the molecule is COc1ccc(Cn2nc(C)c(NC(=S)Nc3ccccc3)c2C)cc1OC. The fourth-order valence-corrected chi connectivity index (χ4v) is 3.20. The van der Waals surface area contributed by atoms with Crippen LogP contribution in [0.15, 0.2) is 48.5 Å². The van der Waals surface area contributed by atoms with Gasteiger partial charge in [0, 0.05) is 5.69 Å². The molecule has 0 bridgehead atoms. The van der Waals surface area contributed by atoms with E-state index in [2.05, 4.69) is 15.7 Å². The van der Waals surface area contributed by atoms with Crippen LogP contribution in [0.5, 0.6) is 11.5 Å². The zero-order valence-electron chi connectivity index (χ0n) is 16.4. The fraction of sp³-hybridized carbons (Fsp3) is 0.238. The van der Waals surface area contributed by atoms with Gasteiger partial charge in [-0.2, -0.15) is 5.10 Å². The quantitative estimate of drug-likeness (QED) is 0.603. The summed E-state index contributed by atoms with van der Waals surface area (Å²) in [6.07, 6.45) is 0. The second-order valence-corrected chi connectivity index (χ2v) is 6.75. The Kier molecular flexibility index (Phi) is 6.16. The molecule has 0 unspecified atom stereocenters. The summed E-state index contributed by atoms with van der Waals surface area (Å²) in [6, 6.07) is 15.7. The Morgan fingerprint density at radius 3 is 2.39 bits per heavy atom. The molecule has 146 valence electrons. The largest absolute Gasteiger partial charge is 0.493 e. The zero-order valence-corrected chi connectivity index (χ0v) is 17.3. The van der Waals surface area contributed by atoms with Crippen LogP contribution in [-0.4, -0.2) is 29.1 Å². The van der Waals surface area contributed by atoms with E-state index < -0.39 is 0 Å². The maximum absolute atomic E-state index is 5.45. The third kappa shape index (κ3) is 4.43. The van der Waals surface area contributed by atoms with Crippen LogP contribution in [-0.2, 0) is 6.54 Å². The van der Waals surface area contributed by atoms with E-state index in [-0.39, 0.29) is 0 Å². The molecule has 0 radical (unpaired) electrons. The number of nitrogens with zero attached hydrogens (tertiary/aromatic N) is 2. The van der Waals surface area contributed by atoms with Crippen LogP contribution in [0.4, 0.5) is 11.4 Å². The zero-order chi connectivity index (χ0) is 20.1. The van der Waals surface area contributed by atoms with Crippen molar-refractivity contribution in [2.75, 3.05) is 24.9 Å². The number of aromatic nitrogens is 2. The first-order valence-corrected chi connectivity index (χ1v) is 9.30. The third-order valence-corrected chi connectivity index (χ3v) is 4.64. The molecule has 0 atom stereocenters. The van der Waals surface area contributed by atoms with Crippen molar-refractivity contribution in [3.05, 3.63) is 65.5 Å². The molecule has 3 rings (SSSR count). The minimum atomic E-state index is 0.531. The number of hydrogen-bond acceptors (Lipinski definition) is 4. The number of ether oxygens (including phenoxy) is 2. The van der Waals surface area contributed by atoms with Gasteiger partial charge in [0.15, 0.2) is 16.6 Å². The van der Waals surface area contributed by atoms with Crippen molar-refractivity contribution in [1.82, 2.24) is 9.78 Å². The molecule has 1 heterocycles. The van der Waals surface area contributed by atoms with E-state index in [0.29, 0.717) is 23.2 Å². The van der Waals surface area contributed by atoms with Gasteiger partial charge in [0.1, 0.15) is 0 Å². The summed E-state index contributed by atoms with van der Waals surface area (Å²) in [7, 11) is 3.26. The lowest BCUT2D eigenvalue weighted by molar-refractivity contribution is 0.354. The lowest BCUT2D eigenvalue weighted by atomic mass is 10.2. The number of rotatable bonds is 6. The molecule has 0 saturated carbocycles.